The summed E-state index contributed by atoms with van der Waals surface area (Å²) in [6, 6.07) is 3.89. The van der Waals surface area contributed by atoms with Crippen LogP contribution in [0.15, 0.2) is 18.2 Å². The molecule has 1 aliphatic heterocycles. The molecule has 4 amide bonds. The average Bonchev–Trinajstić information content (AvgIpc) is 3.30. The lowest BCUT2D eigenvalue weighted by Gasteiger charge is -2.37. The molecule has 1 fully saturated rings. The predicted octanol–water partition coefficient (Wildman–Crippen LogP) is 2.62. The second-order valence-corrected chi connectivity index (χ2v) is 11.7. The van der Waals surface area contributed by atoms with E-state index in [1.807, 2.05) is 7.05 Å². The minimum Gasteiger partial charge on any atom is -0.349 e. The molecule has 1 aromatic heterocycles. The van der Waals surface area contributed by atoms with Gasteiger partial charge in [-0.2, -0.15) is 0 Å². The van der Waals surface area contributed by atoms with Gasteiger partial charge in [-0.15, -0.1) is 23.7 Å². The number of carbonyl (C=O) groups excluding carboxylic acids is 4. The van der Waals surface area contributed by atoms with Crippen molar-refractivity contribution in [3.05, 3.63) is 44.4 Å². The summed E-state index contributed by atoms with van der Waals surface area (Å²) in [6.07, 6.45) is 2.11. The van der Waals surface area contributed by atoms with Gasteiger partial charge in [-0.25, -0.2) is 4.98 Å². The molecule has 3 atom stereocenters. The van der Waals surface area contributed by atoms with Crippen molar-refractivity contribution in [2.75, 3.05) is 33.0 Å². The van der Waals surface area contributed by atoms with Crippen LogP contribution in [0.25, 0.3) is 0 Å². The molecule has 2 heterocycles. The number of aromatic nitrogens is 1. The van der Waals surface area contributed by atoms with Crippen LogP contribution in [0.1, 0.15) is 45.2 Å². The van der Waals surface area contributed by atoms with E-state index < -0.39 is 23.9 Å². The van der Waals surface area contributed by atoms with E-state index in [1.165, 1.54) is 16.2 Å². The molecule has 0 spiro atoms. The fraction of sp³-hybridized carbons (Fsp3) is 0.500. The highest BCUT2D eigenvalue weighted by Gasteiger charge is 2.37. The first kappa shape index (κ1) is 30.8. The van der Waals surface area contributed by atoms with E-state index >= 15 is 0 Å². The molecule has 1 aliphatic carbocycles. The van der Waals surface area contributed by atoms with Gasteiger partial charge in [0.05, 0.1) is 11.7 Å². The summed E-state index contributed by atoms with van der Waals surface area (Å²) in [4.78, 5) is 60.7. The summed E-state index contributed by atoms with van der Waals surface area (Å²) < 4.78 is 0. The normalized spacial score (nSPS) is 20.7. The fourth-order valence-electron chi connectivity index (χ4n) is 4.89. The lowest BCUT2D eigenvalue weighted by Crippen LogP contribution is -2.57. The molecule has 0 unspecified atom stereocenters. The quantitative estimate of drug-likeness (QED) is 0.456. The number of rotatable bonds is 5. The number of benzene rings is 1. The zero-order valence-corrected chi connectivity index (χ0v) is 24.8. The highest BCUT2D eigenvalue weighted by molar-refractivity contribution is 7.13. The summed E-state index contributed by atoms with van der Waals surface area (Å²) in [5.74, 6) is -2.30. The van der Waals surface area contributed by atoms with Gasteiger partial charge in [0.1, 0.15) is 0 Å². The maximum atomic E-state index is 13.2. The summed E-state index contributed by atoms with van der Waals surface area (Å²) in [7, 11) is 5.43. The van der Waals surface area contributed by atoms with Crippen LogP contribution in [0.3, 0.4) is 0 Å². The molecule has 2 aromatic rings. The van der Waals surface area contributed by atoms with Crippen molar-refractivity contribution < 1.29 is 19.2 Å². The largest absolute Gasteiger partial charge is 0.349 e. The third kappa shape index (κ3) is 7.47. The minimum atomic E-state index is -0.819. The third-order valence-electron chi connectivity index (χ3n) is 7.01. The third-order valence-corrected chi connectivity index (χ3v) is 8.52. The number of hydrogen-bond donors (Lipinski definition) is 3. The summed E-state index contributed by atoms with van der Waals surface area (Å²) >= 11 is 7.41. The van der Waals surface area contributed by atoms with Crippen LogP contribution in [0.4, 0.5) is 5.69 Å². The smallest absolute Gasteiger partial charge is 0.313 e. The lowest BCUT2D eigenvalue weighted by molar-refractivity contribution is -0.137. The Labute approximate surface area is 243 Å². The lowest BCUT2D eigenvalue weighted by atomic mass is 9.81. The van der Waals surface area contributed by atoms with Crippen molar-refractivity contribution in [1.29, 1.82) is 0 Å². The van der Waals surface area contributed by atoms with Crippen molar-refractivity contribution in [1.82, 2.24) is 25.4 Å². The van der Waals surface area contributed by atoms with Gasteiger partial charge in [0.2, 0.25) is 5.91 Å². The van der Waals surface area contributed by atoms with E-state index in [2.05, 4.69) is 25.8 Å². The van der Waals surface area contributed by atoms with Crippen molar-refractivity contribution >= 4 is 64.7 Å². The van der Waals surface area contributed by atoms with E-state index in [9.17, 15) is 19.2 Å². The van der Waals surface area contributed by atoms with E-state index in [4.69, 9.17) is 11.6 Å². The average molecular weight is 598 g/mol. The van der Waals surface area contributed by atoms with Crippen LogP contribution in [-0.2, 0) is 27.3 Å². The monoisotopic (exact) mass is 596 g/mol. The van der Waals surface area contributed by atoms with Crippen molar-refractivity contribution in [3.8, 4) is 0 Å². The number of amides is 4. The van der Waals surface area contributed by atoms with Gasteiger partial charge in [0.25, 0.3) is 5.91 Å². The van der Waals surface area contributed by atoms with Gasteiger partial charge in [-0.1, -0.05) is 11.6 Å². The first-order valence-corrected chi connectivity index (χ1v) is 13.8. The van der Waals surface area contributed by atoms with E-state index in [1.54, 1.807) is 39.2 Å². The SMILES string of the molecule is Cc1cc(NC(=O)C(=O)N[C@H]2CC[C@H](C(=O)N(C)C)C[C@H]2NC(=O)c2nc3c(s2)CN(C)CC3)ccc1Cl.Cl. The number of aryl methyl sites for hydroxylation is 1. The summed E-state index contributed by atoms with van der Waals surface area (Å²) in [5.41, 5.74) is 2.17. The van der Waals surface area contributed by atoms with Gasteiger partial charge in [-0.05, 0) is 57.0 Å². The van der Waals surface area contributed by atoms with Crippen LogP contribution in [0.2, 0.25) is 5.02 Å². The molecule has 1 saturated carbocycles. The van der Waals surface area contributed by atoms with Crippen molar-refractivity contribution in [2.24, 2.45) is 5.92 Å². The topological polar surface area (TPSA) is 124 Å². The molecule has 2 aliphatic rings. The number of thiazole rings is 1. The van der Waals surface area contributed by atoms with Crippen LogP contribution in [-0.4, -0.2) is 78.2 Å². The molecule has 39 heavy (non-hydrogen) atoms. The molecule has 212 valence electrons. The first-order valence-electron chi connectivity index (χ1n) is 12.6. The second-order valence-electron chi connectivity index (χ2n) is 10.2. The molecule has 13 heteroatoms. The number of fused-ring (bicyclic) bond motifs is 1. The molecule has 4 rings (SSSR count). The number of carbonyl (C=O) groups is 4. The van der Waals surface area contributed by atoms with E-state index in [0.29, 0.717) is 35.0 Å². The maximum absolute atomic E-state index is 13.2. The zero-order valence-electron chi connectivity index (χ0n) is 22.4. The number of anilines is 1. The molecule has 1 aromatic carbocycles. The minimum absolute atomic E-state index is 0. The molecular formula is C26H34Cl2N6O4S. The molecule has 0 bridgehead atoms. The Kier molecular flexibility index (Phi) is 10.3. The highest BCUT2D eigenvalue weighted by atomic mass is 35.5. The molecule has 10 nitrogen and oxygen atoms in total. The van der Waals surface area contributed by atoms with Crippen molar-refractivity contribution in [2.45, 2.75) is 51.2 Å². The summed E-state index contributed by atoms with van der Waals surface area (Å²) in [6.45, 7) is 3.44. The van der Waals surface area contributed by atoms with Gasteiger partial charge in [0.15, 0.2) is 5.01 Å². The number of nitrogens with one attached hydrogen (secondary N) is 3. The fourth-order valence-corrected chi connectivity index (χ4v) is 6.10. The van der Waals surface area contributed by atoms with Crippen LogP contribution < -0.4 is 16.0 Å². The van der Waals surface area contributed by atoms with Crippen LogP contribution >= 0.6 is 35.3 Å². The molecule has 3 N–H and O–H groups in total. The molecule has 0 radical (unpaired) electrons. The number of hydrogen-bond acceptors (Lipinski definition) is 7. The Balaban J connectivity index is 0.00000420. The summed E-state index contributed by atoms with van der Waals surface area (Å²) in [5, 5.41) is 9.29. The number of nitrogens with zero attached hydrogens (tertiary/aromatic N) is 3. The second kappa shape index (κ2) is 13.1. The van der Waals surface area contributed by atoms with Gasteiger partial charge in [-0.3, -0.25) is 19.2 Å². The van der Waals surface area contributed by atoms with Crippen LogP contribution in [0, 0.1) is 12.8 Å². The molecular weight excluding hydrogens is 563 g/mol. The Bertz CT molecular complexity index is 1250. The zero-order chi connectivity index (χ0) is 27.6. The standard InChI is InChI=1S/C26H33ClN6O4S.ClH/c1-14-11-16(6-7-17(14)27)28-22(34)23(35)29-18-8-5-15(26(37)32(2)3)12-20(18)30-24(36)25-31-19-9-10-33(4)13-21(19)38-25;/h6-7,11,15,18,20H,5,8-10,12-13H2,1-4H3,(H,28,34)(H,29,35)(H,30,36);1H/t15-,18-,20+;/m0./s1. The Morgan fingerprint density at radius 3 is 2.54 bits per heavy atom. The van der Waals surface area contributed by atoms with Gasteiger partial charge < -0.3 is 25.8 Å². The van der Waals surface area contributed by atoms with Crippen LogP contribution in [0.5, 0.6) is 0 Å². The van der Waals surface area contributed by atoms with Gasteiger partial charge >= 0.3 is 11.8 Å². The highest BCUT2D eigenvalue weighted by Crippen LogP contribution is 2.28. The van der Waals surface area contributed by atoms with Crippen molar-refractivity contribution in [3.63, 3.8) is 0 Å². The van der Waals surface area contributed by atoms with Gasteiger partial charge in [0, 0.05) is 61.2 Å². The van der Waals surface area contributed by atoms with E-state index in [0.717, 1.165) is 35.6 Å². The first-order chi connectivity index (χ1) is 18.0. The number of halogens is 2. The predicted molar refractivity (Wildman–Crippen MR) is 153 cm³/mol. The Hall–Kier alpha value is -2.73. The van der Waals surface area contributed by atoms with E-state index in [-0.39, 0.29) is 30.1 Å². The molecule has 0 saturated heterocycles. The number of likely N-dealkylation sites (N-methyl/N-ethyl adjacent to an activating group) is 1. The Morgan fingerprint density at radius 1 is 1.10 bits per heavy atom. The maximum Gasteiger partial charge on any atom is 0.313 e. The Morgan fingerprint density at radius 2 is 1.85 bits per heavy atom.